The first kappa shape index (κ1) is 14.2. The molecule has 1 aliphatic carbocycles. The van der Waals surface area contributed by atoms with Crippen molar-refractivity contribution in [3.63, 3.8) is 0 Å². The summed E-state index contributed by atoms with van der Waals surface area (Å²) in [6, 6.07) is 17.7. The molecule has 1 saturated carbocycles. The molecule has 0 spiro atoms. The Morgan fingerprint density at radius 3 is 2.48 bits per heavy atom. The van der Waals surface area contributed by atoms with Crippen molar-refractivity contribution >= 4 is 17.5 Å². The molecule has 0 radical (unpaired) electrons. The van der Waals surface area contributed by atoms with Gasteiger partial charge in [0.15, 0.2) is 0 Å². The molecule has 0 bridgehead atoms. The number of hydrogen-bond acceptors (Lipinski definition) is 1. The van der Waals surface area contributed by atoms with E-state index in [-0.39, 0.29) is 11.3 Å². The summed E-state index contributed by atoms with van der Waals surface area (Å²) >= 11 is 5.97. The molecule has 0 atom stereocenters. The number of halogens is 1. The van der Waals surface area contributed by atoms with E-state index in [0.29, 0.717) is 11.6 Å². The van der Waals surface area contributed by atoms with E-state index in [1.807, 2.05) is 42.5 Å². The predicted molar refractivity (Wildman–Crippen MR) is 85.3 cm³/mol. The summed E-state index contributed by atoms with van der Waals surface area (Å²) in [5, 5.41) is 3.77. The van der Waals surface area contributed by atoms with Crippen LogP contribution in [0.2, 0.25) is 5.02 Å². The number of rotatable bonds is 4. The quantitative estimate of drug-likeness (QED) is 0.905. The Bertz CT molecular complexity index is 635. The van der Waals surface area contributed by atoms with Crippen LogP contribution >= 0.6 is 11.6 Å². The second kappa shape index (κ2) is 5.90. The van der Waals surface area contributed by atoms with E-state index in [2.05, 4.69) is 17.4 Å². The fourth-order valence-corrected chi connectivity index (χ4v) is 3.15. The molecule has 0 saturated heterocycles. The third-order valence-corrected chi connectivity index (χ3v) is 4.55. The minimum atomic E-state index is -0.333. The summed E-state index contributed by atoms with van der Waals surface area (Å²) in [4.78, 5) is 12.7. The molecule has 2 aromatic rings. The van der Waals surface area contributed by atoms with Crippen molar-refractivity contribution in [2.45, 2.75) is 31.2 Å². The van der Waals surface area contributed by atoms with E-state index in [1.165, 1.54) is 0 Å². The van der Waals surface area contributed by atoms with Crippen LogP contribution < -0.4 is 5.32 Å². The van der Waals surface area contributed by atoms with Crippen molar-refractivity contribution in [3.05, 3.63) is 70.7 Å². The number of nitrogens with one attached hydrogen (secondary N) is 1. The van der Waals surface area contributed by atoms with Gasteiger partial charge in [-0.05, 0) is 36.1 Å². The molecule has 1 aliphatic rings. The summed E-state index contributed by atoms with van der Waals surface area (Å²) in [5.74, 6) is 0.125. The van der Waals surface area contributed by atoms with Gasteiger partial charge in [0, 0.05) is 11.6 Å². The van der Waals surface area contributed by atoms with Crippen molar-refractivity contribution in [3.8, 4) is 0 Å². The highest BCUT2D eigenvalue weighted by Gasteiger charge is 2.45. The van der Waals surface area contributed by atoms with Gasteiger partial charge in [-0.3, -0.25) is 4.79 Å². The minimum Gasteiger partial charge on any atom is -0.351 e. The lowest BCUT2D eigenvalue weighted by molar-refractivity contribution is -0.130. The molecule has 3 heteroatoms. The predicted octanol–water partition coefficient (Wildman–Crippen LogP) is 4.08. The molecule has 0 heterocycles. The lowest BCUT2D eigenvalue weighted by Crippen LogP contribution is -2.48. The Labute approximate surface area is 130 Å². The van der Waals surface area contributed by atoms with E-state index >= 15 is 0 Å². The number of amides is 1. The van der Waals surface area contributed by atoms with Crippen molar-refractivity contribution < 1.29 is 4.79 Å². The first-order chi connectivity index (χ1) is 10.2. The average molecular weight is 300 g/mol. The Kier molecular flexibility index (Phi) is 3.98. The molecule has 1 N–H and O–H groups in total. The van der Waals surface area contributed by atoms with Crippen molar-refractivity contribution in [2.75, 3.05) is 0 Å². The fourth-order valence-electron chi connectivity index (χ4n) is 2.93. The smallest absolute Gasteiger partial charge is 0.230 e. The van der Waals surface area contributed by atoms with Gasteiger partial charge in [0.25, 0.3) is 0 Å². The van der Waals surface area contributed by atoms with Crippen molar-refractivity contribution in [1.82, 2.24) is 5.32 Å². The second-order valence-electron chi connectivity index (χ2n) is 5.61. The zero-order valence-electron chi connectivity index (χ0n) is 11.8. The zero-order chi connectivity index (χ0) is 14.7. The highest BCUT2D eigenvalue weighted by molar-refractivity contribution is 6.30. The lowest BCUT2D eigenvalue weighted by Gasteiger charge is -2.40. The topological polar surface area (TPSA) is 29.1 Å². The van der Waals surface area contributed by atoms with Gasteiger partial charge in [0.05, 0.1) is 5.41 Å². The summed E-state index contributed by atoms with van der Waals surface area (Å²) in [5.41, 5.74) is 1.82. The Morgan fingerprint density at radius 1 is 1.10 bits per heavy atom. The summed E-state index contributed by atoms with van der Waals surface area (Å²) in [7, 11) is 0. The van der Waals surface area contributed by atoms with Gasteiger partial charge >= 0.3 is 0 Å². The van der Waals surface area contributed by atoms with Crippen LogP contribution in [0.25, 0.3) is 0 Å². The van der Waals surface area contributed by atoms with E-state index < -0.39 is 0 Å². The van der Waals surface area contributed by atoms with Crippen LogP contribution in [0.3, 0.4) is 0 Å². The average Bonchev–Trinajstić information content (AvgIpc) is 2.45. The van der Waals surface area contributed by atoms with Gasteiger partial charge < -0.3 is 5.32 Å². The molecule has 0 aromatic heterocycles. The van der Waals surface area contributed by atoms with Crippen molar-refractivity contribution in [2.24, 2.45) is 0 Å². The van der Waals surface area contributed by atoms with E-state index in [0.717, 1.165) is 30.4 Å². The first-order valence-electron chi connectivity index (χ1n) is 7.29. The molecule has 108 valence electrons. The Morgan fingerprint density at radius 2 is 1.86 bits per heavy atom. The number of carbonyl (C=O) groups excluding carboxylic acids is 1. The van der Waals surface area contributed by atoms with Gasteiger partial charge in [-0.1, -0.05) is 60.5 Å². The van der Waals surface area contributed by atoms with Crippen molar-refractivity contribution in [1.29, 1.82) is 0 Å². The zero-order valence-corrected chi connectivity index (χ0v) is 12.6. The van der Waals surface area contributed by atoms with Crippen LogP contribution in [0.15, 0.2) is 54.6 Å². The monoisotopic (exact) mass is 299 g/mol. The van der Waals surface area contributed by atoms with Gasteiger partial charge in [-0.2, -0.15) is 0 Å². The van der Waals surface area contributed by atoms with Crippen LogP contribution in [0.4, 0.5) is 0 Å². The lowest BCUT2D eigenvalue weighted by atomic mass is 9.64. The first-order valence-corrected chi connectivity index (χ1v) is 7.67. The molecular weight excluding hydrogens is 282 g/mol. The molecule has 21 heavy (non-hydrogen) atoms. The van der Waals surface area contributed by atoms with Gasteiger partial charge in [-0.15, -0.1) is 0 Å². The maximum absolute atomic E-state index is 12.7. The van der Waals surface area contributed by atoms with Gasteiger partial charge in [-0.25, -0.2) is 0 Å². The molecule has 0 unspecified atom stereocenters. The summed E-state index contributed by atoms with van der Waals surface area (Å²) in [6.07, 6.45) is 2.97. The molecule has 2 aromatic carbocycles. The van der Waals surface area contributed by atoms with Crippen LogP contribution in [0, 0.1) is 0 Å². The largest absolute Gasteiger partial charge is 0.351 e. The molecule has 1 amide bonds. The number of benzene rings is 2. The fraction of sp³-hybridized carbons (Fsp3) is 0.278. The number of hydrogen-bond donors (Lipinski definition) is 1. The molecule has 1 fully saturated rings. The third kappa shape index (κ3) is 2.81. The second-order valence-corrected chi connectivity index (χ2v) is 6.05. The molecule has 0 aliphatic heterocycles. The SMILES string of the molecule is O=C(NCc1cccc(Cl)c1)C1(c2ccccc2)CCC1. The highest BCUT2D eigenvalue weighted by Crippen LogP contribution is 2.43. The standard InChI is InChI=1S/C18H18ClNO/c19-16-9-4-6-14(12-16)13-20-17(21)18(10-5-11-18)15-7-2-1-3-8-15/h1-4,6-9,12H,5,10-11,13H2,(H,20,21). The van der Waals surface area contributed by atoms with Crippen LogP contribution in [0.5, 0.6) is 0 Å². The normalized spacial score (nSPS) is 16.0. The van der Waals surface area contributed by atoms with Crippen LogP contribution in [0.1, 0.15) is 30.4 Å². The van der Waals surface area contributed by atoms with Gasteiger partial charge in [0.1, 0.15) is 0 Å². The Balaban J connectivity index is 1.72. The van der Waals surface area contributed by atoms with Crippen LogP contribution in [-0.4, -0.2) is 5.91 Å². The molecule has 3 rings (SSSR count). The maximum Gasteiger partial charge on any atom is 0.230 e. The highest BCUT2D eigenvalue weighted by atomic mass is 35.5. The molecule has 2 nitrogen and oxygen atoms in total. The van der Waals surface area contributed by atoms with Gasteiger partial charge in [0.2, 0.25) is 5.91 Å². The van der Waals surface area contributed by atoms with E-state index in [4.69, 9.17) is 11.6 Å². The Hall–Kier alpha value is -1.80. The van der Waals surface area contributed by atoms with E-state index in [1.54, 1.807) is 0 Å². The summed E-state index contributed by atoms with van der Waals surface area (Å²) in [6.45, 7) is 0.522. The summed E-state index contributed by atoms with van der Waals surface area (Å²) < 4.78 is 0. The maximum atomic E-state index is 12.7. The number of carbonyl (C=O) groups is 1. The van der Waals surface area contributed by atoms with Crippen LogP contribution in [-0.2, 0) is 16.8 Å². The van der Waals surface area contributed by atoms with E-state index in [9.17, 15) is 4.79 Å². The molecular formula is C18H18ClNO. The minimum absolute atomic E-state index is 0.125. The third-order valence-electron chi connectivity index (χ3n) is 4.31.